The molecule has 1 amide bonds. The second-order valence-electron chi connectivity index (χ2n) is 2.60. The van der Waals surface area contributed by atoms with E-state index >= 15 is 0 Å². The van der Waals surface area contributed by atoms with Crippen LogP contribution in [0.1, 0.15) is 5.69 Å². The Balaban J connectivity index is 2.83. The summed E-state index contributed by atoms with van der Waals surface area (Å²) in [5.41, 5.74) is 0.791. The van der Waals surface area contributed by atoms with Crippen LogP contribution in [0.25, 0.3) is 0 Å². The number of carbonyl (C=O) groups excluding carboxylic acids is 1. The molecule has 0 aliphatic rings. The Hall–Kier alpha value is -0.610. The van der Waals surface area contributed by atoms with Gasteiger partial charge in [0.25, 0.3) is 0 Å². The summed E-state index contributed by atoms with van der Waals surface area (Å²) in [5, 5.41) is 0.574. The number of halogens is 2. The van der Waals surface area contributed by atoms with Gasteiger partial charge in [-0.3, -0.25) is 9.78 Å². The maximum Gasteiger partial charge on any atom is 0.209 e. The Morgan fingerprint density at radius 2 is 2.46 bits per heavy atom. The second-order valence-corrected chi connectivity index (χ2v) is 3.89. The van der Waals surface area contributed by atoms with Crippen LogP contribution in [-0.2, 0) is 11.3 Å². The molecule has 1 aromatic rings. The highest BCUT2D eigenvalue weighted by Crippen LogP contribution is 2.19. The van der Waals surface area contributed by atoms with Crippen molar-refractivity contribution in [1.29, 1.82) is 0 Å². The Bertz CT molecular complexity index is 319. The van der Waals surface area contributed by atoms with E-state index in [-0.39, 0.29) is 0 Å². The van der Waals surface area contributed by atoms with Gasteiger partial charge in [-0.25, -0.2) is 0 Å². The van der Waals surface area contributed by atoms with Gasteiger partial charge in [-0.15, -0.1) is 0 Å². The Labute approximate surface area is 89.8 Å². The monoisotopic (exact) mass is 262 g/mol. The molecule has 3 nitrogen and oxygen atoms in total. The fourth-order valence-electron chi connectivity index (χ4n) is 0.833. The van der Waals surface area contributed by atoms with E-state index in [0.29, 0.717) is 11.6 Å². The first kappa shape index (κ1) is 10.5. The summed E-state index contributed by atoms with van der Waals surface area (Å²) in [6.07, 6.45) is 2.31. The third-order valence-electron chi connectivity index (χ3n) is 1.46. The predicted octanol–water partition coefficient (Wildman–Crippen LogP) is 2.09. The highest BCUT2D eigenvalue weighted by atomic mass is 79.9. The number of carbonyl (C=O) groups is 1. The van der Waals surface area contributed by atoms with Crippen LogP contribution in [0.3, 0.4) is 0 Å². The smallest absolute Gasteiger partial charge is 0.209 e. The maximum absolute atomic E-state index is 10.3. The lowest BCUT2D eigenvalue weighted by molar-refractivity contribution is -0.117. The summed E-state index contributed by atoms with van der Waals surface area (Å²) in [5.74, 6) is 0. The molecular weight excluding hydrogens is 255 g/mol. The van der Waals surface area contributed by atoms with Crippen LogP contribution in [0.2, 0.25) is 5.02 Å². The molecule has 0 radical (unpaired) electrons. The fourth-order valence-corrected chi connectivity index (χ4v) is 1.60. The molecule has 1 aromatic heterocycles. The number of aromatic nitrogens is 1. The summed E-state index contributed by atoms with van der Waals surface area (Å²) in [7, 11) is 1.69. The number of pyridine rings is 1. The normalized spacial score (nSPS) is 9.77. The molecule has 0 aliphatic heterocycles. The molecule has 0 N–H and O–H groups in total. The molecule has 5 heteroatoms. The molecule has 0 spiro atoms. The van der Waals surface area contributed by atoms with Gasteiger partial charge in [0.2, 0.25) is 6.41 Å². The van der Waals surface area contributed by atoms with Crippen molar-refractivity contribution in [2.24, 2.45) is 0 Å². The minimum Gasteiger partial charge on any atom is -0.342 e. The average Bonchev–Trinajstić information content (AvgIpc) is 2.09. The first-order valence-corrected chi connectivity index (χ1v) is 4.76. The quantitative estimate of drug-likeness (QED) is 0.782. The largest absolute Gasteiger partial charge is 0.342 e. The van der Waals surface area contributed by atoms with Gasteiger partial charge in [-0.2, -0.15) is 0 Å². The van der Waals surface area contributed by atoms with Gasteiger partial charge in [-0.1, -0.05) is 11.6 Å². The molecule has 70 valence electrons. The molecule has 0 saturated carbocycles. The van der Waals surface area contributed by atoms with Crippen LogP contribution < -0.4 is 0 Å². The van der Waals surface area contributed by atoms with E-state index in [0.717, 1.165) is 16.6 Å². The van der Waals surface area contributed by atoms with Crippen molar-refractivity contribution in [1.82, 2.24) is 9.88 Å². The molecule has 0 aliphatic carbocycles. The third-order valence-corrected chi connectivity index (χ3v) is 2.36. The van der Waals surface area contributed by atoms with Gasteiger partial charge in [0.05, 0.1) is 17.3 Å². The molecule has 0 unspecified atom stereocenters. The van der Waals surface area contributed by atoms with Gasteiger partial charge in [0, 0.05) is 17.7 Å². The Morgan fingerprint density at radius 1 is 1.77 bits per heavy atom. The molecule has 0 bridgehead atoms. The summed E-state index contributed by atoms with van der Waals surface area (Å²) in [6.45, 7) is 0.473. The molecule has 1 heterocycles. The number of nitrogens with zero attached hydrogens (tertiary/aromatic N) is 2. The molecule has 0 fully saturated rings. The van der Waals surface area contributed by atoms with Crippen molar-refractivity contribution >= 4 is 33.9 Å². The minimum absolute atomic E-state index is 0.473. The number of rotatable bonds is 3. The summed E-state index contributed by atoms with van der Waals surface area (Å²) in [6, 6.07) is 1.75. The Morgan fingerprint density at radius 3 is 3.00 bits per heavy atom. The van der Waals surface area contributed by atoms with Gasteiger partial charge < -0.3 is 4.90 Å². The van der Waals surface area contributed by atoms with E-state index < -0.39 is 0 Å². The number of hydrogen-bond acceptors (Lipinski definition) is 2. The van der Waals surface area contributed by atoms with Crippen molar-refractivity contribution in [3.63, 3.8) is 0 Å². The van der Waals surface area contributed by atoms with Crippen LogP contribution in [0.4, 0.5) is 0 Å². The lowest BCUT2D eigenvalue weighted by Crippen LogP contribution is -2.16. The van der Waals surface area contributed by atoms with Crippen molar-refractivity contribution in [3.8, 4) is 0 Å². The van der Waals surface area contributed by atoms with E-state index in [1.807, 2.05) is 0 Å². The highest BCUT2D eigenvalue weighted by molar-refractivity contribution is 9.10. The van der Waals surface area contributed by atoms with Gasteiger partial charge in [0.15, 0.2) is 0 Å². The van der Waals surface area contributed by atoms with E-state index in [9.17, 15) is 4.79 Å². The zero-order valence-electron chi connectivity index (χ0n) is 7.00. The third kappa shape index (κ3) is 2.97. The topological polar surface area (TPSA) is 33.2 Å². The Kier molecular flexibility index (Phi) is 3.69. The summed E-state index contributed by atoms with van der Waals surface area (Å²) >= 11 is 9.03. The summed E-state index contributed by atoms with van der Waals surface area (Å²) in [4.78, 5) is 15.9. The van der Waals surface area contributed by atoms with Crippen LogP contribution in [-0.4, -0.2) is 23.3 Å². The lowest BCUT2D eigenvalue weighted by Gasteiger charge is -2.10. The summed E-state index contributed by atoms with van der Waals surface area (Å²) < 4.78 is 0.814. The molecule has 0 saturated heterocycles. The van der Waals surface area contributed by atoms with Gasteiger partial charge >= 0.3 is 0 Å². The van der Waals surface area contributed by atoms with Gasteiger partial charge in [0.1, 0.15) is 0 Å². The zero-order chi connectivity index (χ0) is 9.84. The van der Waals surface area contributed by atoms with E-state index in [2.05, 4.69) is 20.9 Å². The standard InChI is InChI=1S/C8H8BrClN2O/c1-12(5-13)4-8-7(9)2-6(10)3-11-8/h2-3,5H,4H2,1H3. The molecular formula is C8H8BrClN2O. The second kappa shape index (κ2) is 4.58. The van der Waals surface area contributed by atoms with Crippen LogP contribution in [0, 0.1) is 0 Å². The molecule has 1 rings (SSSR count). The van der Waals surface area contributed by atoms with Gasteiger partial charge in [-0.05, 0) is 22.0 Å². The zero-order valence-corrected chi connectivity index (χ0v) is 9.34. The van der Waals surface area contributed by atoms with Crippen LogP contribution in [0.15, 0.2) is 16.7 Å². The van der Waals surface area contributed by atoms with Crippen LogP contribution >= 0.6 is 27.5 Å². The molecule has 0 aromatic carbocycles. The van der Waals surface area contributed by atoms with Crippen LogP contribution in [0.5, 0.6) is 0 Å². The minimum atomic E-state index is 0.473. The lowest BCUT2D eigenvalue weighted by atomic mass is 10.3. The maximum atomic E-state index is 10.3. The van der Waals surface area contributed by atoms with Crippen molar-refractivity contribution in [3.05, 3.63) is 27.5 Å². The van der Waals surface area contributed by atoms with Crippen molar-refractivity contribution in [2.45, 2.75) is 6.54 Å². The van der Waals surface area contributed by atoms with Crippen molar-refractivity contribution in [2.75, 3.05) is 7.05 Å². The highest BCUT2D eigenvalue weighted by Gasteiger charge is 2.04. The first-order chi connectivity index (χ1) is 6.13. The van der Waals surface area contributed by atoms with E-state index in [4.69, 9.17) is 11.6 Å². The predicted molar refractivity (Wildman–Crippen MR) is 54.5 cm³/mol. The van der Waals surface area contributed by atoms with Crippen molar-refractivity contribution < 1.29 is 4.79 Å². The SMILES string of the molecule is CN(C=O)Cc1ncc(Cl)cc1Br. The number of hydrogen-bond donors (Lipinski definition) is 0. The molecule has 13 heavy (non-hydrogen) atoms. The van der Waals surface area contributed by atoms with E-state index in [1.165, 1.54) is 4.90 Å². The van der Waals surface area contributed by atoms with E-state index in [1.54, 1.807) is 19.3 Å². The number of amides is 1. The molecule has 0 atom stereocenters. The average molecular weight is 264 g/mol. The fraction of sp³-hybridized carbons (Fsp3) is 0.250. The first-order valence-electron chi connectivity index (χ1n) is 3.59.